The summed E-state index contributed by atoms with van der Waals surface area (Å²) in [5.41, 5.74) is 3.77. The molecule has 4 nitrogen and oxygen atoms in total. The van der Waals surface area contributed by atoms with Crippen LogP contribution in [0.3, 0.4) is 0 Å². The number of aromatic hydroxyl groups is 1. The largest absolute Gasteiger partial charge is 0.507 e. The van der Waals surface area contributed by atoms with E-state index < -0.39 is 0 Å². The summed E-state index contributed by atoms with van der Waals surface area (Å²) < 4.78 is 16.7. The van der Waals surface area contributed by atoms with Crippen molar-refractivity contribution < 1.29 is 19.3 Å². The molecule has 0 saturated heterocycles. The maximum absolute atomic E-state index is 11.0. The van der Waals surface area contributed by atoms with Gasteiger partial charge in [0.2, 0.25) is 6.79 Å². The molecule has 2 aromatic carbocycles. The van der Waals surface area contributed by atoms with E-state index in [4.69, 9.17) is 14.2 Å². The molecule has 152 valence electrons. The molecule has 0 aliphatic carbocycles. The van der Waals surface area contributed by atoms with E-state index in [-0.39, 0.29) is 23.5 Å². The van der Waals surface area contributed by atoms with Gasteiger partial charge in [-0.3, -0.25) is 0 Å². The first-order valence-corrected chi connectivity index (χ1v) is 9.79. The Hall–Kier alpha value is -2.36. The second-order valence-corrected chi connectivity index (χ2v) is 9.63. The number of phenols is 1. The van der Waals surface area contributed by atoms with Crippen LogP contribution in [0.25, 0.3) is 0 Å². The van der Waals surface area contributed by atoms with E-state index >= 15 is 0 Å². The van der Waals surface area contributed by atoms with Gasteiger partial charge in [0, 0.05) is 17.5 Å². The van der Waals surface area contributed by atoms with Crippen LogP contribution in [-0.4, -0.2) is 19.0 Å². The van der Waals surface area contributed by atoms with Gasteiger partial charge in [0.1, 0.15) is 11.5 Å². The second-order valence-electron chi connectivity index (χ2n) is 9.63. The lowest BCUT2D eigenvalue weighted by atomic mass is 9.76. The monoisotopic (exact) mass is 384 g/mol. The number of fused-ring (bicyclic) bond motifs is 1. The Bertz CT molecular complexity index is 850. The van der Waals surface area contributed by atoms with E-state index in [1.54, 1.807) is 7.11 Å². The summed E-state index contributed by atoms with van der Waals surface area (Å²) in [6.07, 6.45) is 0. The van der Waals surface area contributed by atoms with Crippen molar-refractivity contribution in [1.29, 1.82) is 0 Å². The maximum atomic E-state index is 11.0. The minimum Gasteiger partial charge on any atom is -0.507 e. The predicted octanol–water partition coefficient (Wildman–Crippen LogP) is 5.88. The van der Waals surface area contributed by atoms with Crippen LogP contribution < -0.4 is 14.2 Å². The van der Waals surface area contributed by atoms with Crippen LogP contribution in [0.2, 0.25) is 0 Å². The number of ether oxygens (including phenoxy) is 3. The Kier molecular flexibility index (Phi) is 5.03. The van der Waals surface area contributed by atoms with E-state index in [1.807, 2.05) is 12.1 Å². The summed E-state index contributed by atoms with van der Waals surface area (Å²) in [4.78, 5) is 0. The lowest BCUT2D eigenvalue weighted by molar-refractivity contribution is 0.174. The molecule has 1 heterocycles. The first-order chi connectivity index (χ1) is 12.9. The van der Waals surface area contributed by atoms with E-state index in [9.17, 15) is 5.11 Å². The highest BCUT2D eigenvalue weighted by Crippen LogP contribution is 2.45. The minimum absolute atomic E-state index is 0.0623. The van der Waals surface area contributed by atoms with Crippen LogP contribution in [0.15, 0.2) is 24.3 Å². The molecule has 4 heteroatoms. The van der Waals surface area contributed by atoms with Gasteiger partial charge >= 0.3 is 0 Å². The summed E-state index contributed by atoms with van der Waals surface area (Å²) >= 11 is 0. The molecule has 28 heavy (non-hydrogen) atoms. The van der Waals surface area contributed by atoms with Gasteiger partial charge in [-0.05, 0) is 33.6 Å². The van der Waals surface area contributed by atoms with Crippen LogP contribution in [0.5, 0.6) is 23.0 Å². The average molecular weight is 385 g/mol. The Morgan fingerprint density at radius 1 is 0.893 bits per heavy atom. The first kappa shape index (κ1) is 20.4. The van der Waals surface area contributed by atoms with Crippen molar-refractivity contribution >= 4 is 0 Å². The third-order valence-corrected chi connectivity index (χ3v) is 5.44. The zero-order valence-electron chi connectivity index (χ0n) is 18.3. The highest BCUT2D eigenvalue weighted by molar-refractivity contribution is 5.57. The third-order valence-electron chi connectivity index (χ3n) is 5.44. The fourth-order valence-corrected chi connectivity index (χ4v) is 3.68. The Morgan fingerprint density at radius 2 is 1.39 bits per heavy atom. The van der Waals surface area contributed by atoms with Gasteiger partial charge in [0.05, 0.1) is 7.11 Å². The molecule has 0 unspecified atom stereocenters. The summed E-state index contributed by atoms with van der Waals surface area (Å²) in [6, 6.07) is 8.15. The fraction of sp³-hybridized carbons (Fsp3) is 0.500. The number of rotatable bonds is 3. The van der Waals surface area contributed by atoms with Crippen molar-refractivity contribution in [2.75, 3.05) is 13.9 Å². The SMILES string of the molecule is COc1cc2c(cc1[C@@H](C)c1cc(C(C)(C)C)c(O)c(C(C)(C)C)c1)OCO2. The highest BCUT2D eigenvalue weighted by Gasteiger charge is 2.29. The van der Waals surface area contributed by atoms with Crippen molar-refractivity contribution in [1.82, 2.24) is 0 Å². The van der Waals surface area contributed by atoms with Gasteiger partial charge in [0.25, 0.3) is 0 Å². The molecule has 0 saturated carbocycles. The van der Waals surface area contributed by atoms with E-state index in [0.717, 1.165) is 33.8 Å². The van der Waals surface area contributed by atoms with Gasteiger partial charge in [-0.1, -0.05) is 60.6 Å². The molecule has 1 atom stereocenters. The third kappa shape index (κ3) is 3.65. The van der Waals surface area contributed by atoms with Gasteiger partial charge in [-0.25, -0.2) is 0 Å². The summed E-state index contributed by atoms with van der Waals surface area (Å²) in [6.45, 7) is 15.2. The molecule has 0 aromatic heterocycles. The fourth-order valence-electron chi connectivity index (χ4n) is 3.68. The molecule has 0 fully saturated rings. The first-order valence-electron chi connectivity index (χ1n) is 9.79. The number of phenolic OH excluding ortho intramolecular Hbond substituents is 1. The molecular weight excluding hydrogens is 352 g/mol. The van der Waals surface area contributed by atoms with Crippen molar-refractivity contribution in [3.63, 3.8) is 0 Å². The Balaban J connectivity index is 2.18. The maximum Gasteiger partial charge on any atom is 0.231 e. The van der Waals surface area contributed by atoms with Crippen LogP contribution >= 0.6 is 0 Å². The molecule has 0 spiro atoms. The molecule has 1 N–H and O–H groups in total. The smallest absolute Gasteiger partial charge is 0.231 e. The number of benzene rings is 2. The number of hydrogen-bond donors (Lipinski definition) is 1. The van der Waals surface area contributed by atoms with Crippen molar-refractivity contribution in [3.05, 3.63) is 46.5 Å². The normalized spacial score (nSPS) is 14.9. The molecule has 1 aliphatic heterocycles. The molecule has 2 aromatic rings. The molecule has 1 aliphatic rings. The lowest BCUT2D eigenvalue weighted by Gasteiger charge is -2.29. The van der Waals surface area contributed by atoms with Crippen LogP contribution in [0.1, 0.15) is 76.6 Å². The Labute approximate surface area is 168 Å². The summed E-state index contributed by atoms with van der Waals surface area (Å²) in [7, 11) is 1.67. The van der Waals surface area contributed by atoms with Crippen molar-refractivity contribution in [3.8, 4) is 23.0 Å². The number of hydrogen-bond acceptors (Lipinski definition) is 4. The van der Waals surface area contributed by atoms with Gasteiger partial charge in [-0.2, -0.15) is 0 Å². The summed E-state index contributed by atoms with van der Waals surface area (Å²) in [5, 5.41) is 11.0. The standard InChI is InChI=1S/C24H32O4/c1-14(16-11-20-21(28-13-27-20)12-19(16)26-8)15-9-17(23(2,3)4)22(25)18(10-15)24(5,6)7/h9-12,14,25H,13H2,1-8H3/t14-/m0/s1. The Morgan fingerprint density at radius 3 is 1.86 bits per heavy atom. The van der Waals surface area contributed by atoms with Gasteiger partial charge in [0.15, 0.2) is 11.5 Å². The van der Waals surface area contributed by atoms with Gasteiger partial charge < -0.3 is 19.3 Å². The molecule has 0 radical (unpaired) electrons. The highest BCUT2D eigenvalue weighted by atomic mass is 16.7. The summed E-state index contributed by atoms with van der Waals surface area (Å²) in [5.74, 6) is 2.69. The quantitative estimate of drug-likeness (QED) is 0.718. The topological polar surface area (TPSA) is 47.9 Å². The zero-order chi connectivity index (χ0) is 20.9. The van der Waals surface area contributed by atoms with Crippen LogP contribution in [-0.2, 0) is 10.8 Å². The number of methoxy groups -OCH3 is 1. The molecule has 0 amide bonds. The average Bonchev–Trinajstić information content (AvgIpc) is 3.05. The van der Waals surface area contributed by atoms with Crippen LogP contribution in [0.4, 0.5) is 0 Å². The lowest BCUT2D eigenvalue weighted by Crippen LogP contribution is -2.18. The van der Waals surface area contributed by atoms with Crippen LogP contribution in [0, 0.1) is 0 Å². The van der Waals surface area contributed by atoms with E-state index in [1.165, 1.54) is 0 Å². The minimum atomic E-state index is -0.168. The molecule has 0 bridgehead atoms. The molecular formula is C24H32O4. The van der Waals surface area contributed by atoms with Crippen molar-refractivity contribution in [2.45, 2.75) is 65.2 Å². The zero-order valence-corrected chi connectivity index (χ0v) is 18.3. The second kappa shape index (κ2) is 6.91. The van der Waals surface area contributed by atoms with E-state index in [2.05, 4.69) is 60.6 Å². The van der Waals surface area contributed by atoms with Crippen molar-refractivity contribution in [2.24, 2.45) is 0 Å². The predicted molar refractivity (Wildman–Crippen MR) is 112 cm³/mol. The van der Waals surface area contributed by atoms with E-state index in [0.29, 0.717) is 11.5 Å². The molecule has 3 rings (SSSR count). The van der Waals surface area contributed by atoms with Gasteiger partial charge in [-0.15, -0.1) is 0 Å².